The average Bonchev–Trinajstić information content (AvgIpc) is 2.54. The number of fused-ring (bicyclic) bond motifs is 1. The molecule has 3 rings (SSSR count). The zero-order chi connectivity index (χ0) is 16.4. The van der Waals surface area contributed by atoms with Crippen LogP contribution < -0.4 is 0 Å². The van der Waals surface area contributed by atoms with E-state index in [1.165, 1.54) is 24.3 Å². The van der Waals surface area contributed by atoms with E-state index in [-0.39, 0.29) is 27.8 Å². The largest absolute Gasteiger partial charge is 0.506 e. The van der Waals surface area contributed by atoms with Gasteiger partial charge >= 0.3 is 0 Å². The van der Waals surface area contributed by atoms with Crippen LogP contribution in [0.25, 0.3) is 10.8 Å². The van der Waals surface area contributed by atoms with E-state index in [0.29, 0.717) is 5.39 Å². The fourth-order valence-electron chi connectivity index (χ4n) is 2.20. The minimum Gasteiger partial charge on any atom is -0.506 e. The van der Waals surface area contributed by atoms with Gasteiger partial charge in [0.05, 0.1) is 9.95 Å². The summed E-state index contributed by atoms with van der Waals surface area (Å²) >= 11 is 5.98. The number of aromatic hydroxyl groups is 1. The molecule has 0 unspecified atom stereocenters. The molecule has 0 atom stereocenters. The molecule has 114 valence electrons. The zero-order valence-corrected chi connectivity index (χ0v) is 12.4. The van der Waals surface area contributed by atoms with E-state index in [0.717, 1.165) is 5.39 Å². The molecule has 0 aliphatic carbocycles. The van der Waals surface area contributed by atoms with Crippen LogP contribution in [-0.2, 0) is 0 Å². The summed E-state index contributed by atoms with van der Waals surface area (Å²) in [6.45, 7) is 0. The first-order chi connectivity index (χ1) is 11.1. The minimum atomic E-state index is -0.580. The fourth-order valence-corrected chi connectivity index (χ4v) is 2.41. The third-order valence-electron chi connectivity index (χ3n) is 3.29. The van der Waals surface area contributed by atoms with Gasteiger partial charge in [0, 0.05) is 11.5 Å². The van der Waals surface area contributed by atoms with Gasteiger partial charge in [-0.2, -0.15) is 0 Å². The molecule has 3 aromatic carbocycles. The molecule has 0 radical (unpaired) electrons. The highest BCUT2D eigenvalue weighted by atomic mass is 35.5. The number of phenolic OH excluding ortho intramolecular Hbond substituents is 1. The van der Waals surface area contributed by atoms with E-state index < -0.39 is 4.92 Å². The van der Waals surface area contributed by atoms with Crippen LogP contribution in [0.2, 0.25) is 5.02 Å². The quantitative estimate of drug-likeness (QED) is 0.390. The average molecular weight is 328 g/mol. The van der Waals surface area contributed by atoms with Crippen molar-refractivity contribution in [2.45, 2.75) is 0 Å². The SMILES string of the molecule is O=[N+]([O-])c1cccc(Cl)c1N=Nc1c(O)ccc2ccccc12. The Morgan fingerprint density at radius 2 is 1.70 bits per heavy atom. The monoisotopic (exact) mass is 327 g/mol. The molecule has 0 fully saturated rings. The first-order valence-corrected chi connectivity index (χ1v) is 7.01. The van der Waals surface area contributed by atoms with Crippen LogP contribution in [0.3, 0.4) is 0 Å². The molecule has 0 saturated heterocycles. The predicted molar refractivity (Wildman–Crippen MR) is 87.9 cm³/mol. The Labute approximate surface area is 135 Å². The van der Waals surface area contributed by atoms with Crippen molar-refractivity contribution in [3.8, 4) is 5.75 Å². The normalized spacial score (nSPS) is 11.2. The van der Waals surface area contributed by atoms with E-state index in [4.69, 9.17) is 11.6 Å². The zero-order valence-electron chi connectivity index (χ0n) is 11.7. The maximum Gasteiger partial charge on any atom is 0.298 e. The summed E-state index contributed by atoms with van der Waals surface area (Å²) in [5.41, 5.74) is -0.0650. The highest BCUT2D eigenvalue weighted by molar-refractivity contribution is 6.33. The molecule has 0 spiro atoms. The summed E-state index contributed by atoms with van der Waals surface area (Å²) in [7, 11) is 0. The first-order valence-electron chi connectivity index (χ1n) is 6.63. The van der Waals surface area contributed by atoms with Crippen LogP contribution >= 0.6 is 11.6 Å². The Balaban J connectivity index is 2.15. The predicted octanol–water partition coefficient (Wildman–Crippen LogP) is 5.52. The number of halogens is 1. The van der Waals surface area contributed by atoms with Gasteiger partial charge in [-0.05, 0) is 17.5 Å². The Morgan fingerprint density at radius 3 is 2.48 bits per heavy atom. The summed E-state index contributed by atoms with van der Waals surface area (Å²) in [5, 5.41) is 30.6. The summed E-state index contributed by atoms with van der Waals surface area (Å²) in [6.07, 6.45) is 0. The van der Waals surface area contributed by atoms with Crippen LogP contribution in [-0.4, -0.2) is 10.0 Å². The Bertz CT molecular complexity index is 941. The van der Waals surface area contributed by atoms with Gasteiger partial charge in [-0.15, -0.1) is 10.2 Å². The molecule has 0 aliphatic heterocycles. The van der Waals surface area contributed by atoms with Gasteiger partial charge in [0.1, 0.15) is 11.4 Å². The Kier molecular flexibility index (Phi) is 3.91. The van der Waals surface area contributed by atoms with Gasteiger partial charge in [0.2, 0.25) is 0 Å². The first kappa shape index (κ1) is 14.9. The van der Waals surface area contributed by atoms with Crippen molar-refractivity contribution in [2.24, 2.45) is 10.2 Å². The standard InChI is InChI=1S/C16H10ClN3O3/c17-12-6-3-7-13(20(22)23)16(12)19-18-15-11-5-2-1-4-10(11)8-9-14(15)21/h1-9,21H. The third-order valence-corrected chi connectivity index (χ3v) is 3.60. The lowest BCUT2D eigenvalue weighted by molar-refractivity contribution is -0.384. The van der Waals surface area contributed by atoms with Gasteiger partial charge in [0.25, 0.3) is 5.69 Å². The van der Waals surface area contributed by atoms with E-state index >= 15 is 0 Å². The highest BCUT2D eigenvalue weighted by Gasteiger charge is 2.16. The van der Waals surface area contributed by atoms with Gasteiger partial charge in [-0.25, -0.2) is 0 Å². The lowest BCUT2D eigenvalue weighted by Crippen LogP contribution is -1.88. The Hall–Kier alpha value is -2.99. The van der Waals surface area contributed by atoms with Crippen LogP contribution in [0.15, 0.2) is 64.8 Å². The van der Waals surface area contributed by atoms with Crippen molar-refractivity contribution < 1.29 is 10.0 Å². The van der Waals surface area contributed by atoms with Crippen LogP contribution in [0.4, 0.5) is 17.1 Å². The number of rotatable bonds is 3. The number of hydrogen-bond acceptors (Lipinski definition) is 5. The second-order valence-electron chi connectivity index (χ2n) is 4.72. The lowest BCUT2D eigenvalue weighted by atomic mass is 10.1. The van der Waals surface area contributed by atoms with Crippen molar-refractivity contribution in [3.05, 3.63) is 69.7 Å². The molecule has 0 aromatic heterocycles. The molecule has 1 N–H and O–H groups in total. The molecule has 0 saturated carbocycles. The number of benzene rings is 3. The number of nitrogens with zero attached hydrogens (tertiary/aromatic N) is 3. The maximum absolute atomic E-state index is 11.1. The molecule has 0 bridgehead atoms. The molecule has 3 aromatic rings. The fraction of sp³-hybridized carbons (Fsp3) is 0. The van der Waals surface area contributed by atoms with Crippen molar-refractivity contribution in [1.29, 1.82) is 0 Å². The molecule has 0 amide bonds. The highest BCUT2D eigenvalue weighted by Crippen LogP contribution is 2.39. The van der Waals surface area contributed by atoms with Crippen LogP contribution in [0, 0.1) is 10.1 Å². The Morgan fingerprint density at radius 1 is 0.957 bits per heavy atom. The third kappa shape index (κ3) is 2.84. The number of azo groups is 1. The molecular weight excluding hydrogens is 318 g/mol. The van der Waals surface area contributed by atoms with Gasteiger partial charge in [-0.1, -0.05) is 48.0 Å². The van der Waals surface area contributed by atoms with Crippen LogP contribution in [0.1, 0.15) is 0 Å². The lowest BCUT2D eigenvalue weighted by Gasteiger charge is -2.04. The minimum absolute atomic E-state index is 0.0495. The summed E-state index contributed by atoms with van der Waals surface area (Å²) < 4.78 is 0. The summed E-state index contributed by atoms with van der Waals surface area (Å²) in [5.74, 6) is -0.0674. The van der Waals surface area contributed by atoms with Gasteiger partial charge in [0.15, 0.2) is 5.69 Å². The van der Waals surface area contributed by atoms with Crippen LogP contribution in [0.5, 0.6) is 5.75 Å². The molecule has 7 heteroatoms. The number of phenols is 1. The van der Waals surface area contributed by atoms with Gasteiger partial charge < -0.3 is 5.11 Å². The number of nitro benzene ring substituents is 1. The number of hydrogen-bond donors (Lipinski definition) is 1. The van der Waals surface area contributed by atoms with E-state index in [1.54, 1.807) is 18.2 Å². The van der Waals surface area contributed by atoms with Crippen molar-refractivity contribution in [3.63, 3.8) is 0 Å². The van der Waals surface area contributed by atoms with Gasteiger partial charge in [-0.3, -0.25) is 10.1 Å². The summed E-state index contributed by atoms with van der Waals surface area (Å²) in [4.78, 5) is 10.5. The van der Waals surface area contributed by atoms with E-state index in [2.05, 4.69) is 10.2 Å². The van der Waals surface area contributed by atoms with Crippen molar-refractivity contribution in [1.82, 2.24) is 0 Å². The molecule has 0 aliphatic rings. The smallest absolute Gasteiger partial charge is 0.298 e. The van der Waals surface area contributed by atoms with E-state index in [1.807, 2.05) is 12.1 Å². The molecular formula is C16H10ClN3O3. The molecule has 0 heterocycles. The van der Waals surface area contributed by atoms with Crippen molar-refractivity contribution in [2.75, 3.05) is 0 Å². The van der Waals surface area contributed by atoms with E-state index in [9.17, 15) is 15.2 Å². The number of nitro groups is 1. The molecule has 6 nitrogen and oxygen atoms in total. The molecule has 23 heavy (non-hydrogen) atoms. The maximum atomic E-state index is 11.1. The second-order valence-corrected chi connectivity index (χ2v) is 5.13. The summed E-state index contributed by atoms with van der Waals surface area (Å²) in [6, 6.07) is 14.8. The topological polar surface area (TPSA) is 88.1 Å². The second kappa shape index (κ2) is 6.02. The van der Waals surface area contributed by atoms with Crippen molar-refractivity contribution >= 4 is 39.4 Å².